The molecule has 0 N–H and O–H groups in total. The molecule has 35 heavy (non-hydrogen) atoms. The summed E-state index contributed by atoms with van der Waals surface area (Å²) in [6.07, 6.45) is 13.5. The van der Waals surface area contributed by atoms with Crippen LogP contribution in [0.1, 0.15) is 128 Å². The molecule has 0 saturated heterocycles. The van der Waals surface area contributed by atoms with Crippen LogP contribution < -0.4 is 0 Å². The van der Waals surface area contributed by atoms with Crippen molar-refractivity contribution in [2.24, 2.45) is 23.7 Å². The van der Waals surface area contributed by atoms with Gasteiger partial charge in [-0.25, -0.2) is 0 Å². The van der Waals surface area contributed by atoms with E-state index in [2.05, 4.69) is 91.8 Å². The number of hydrogen-bond acceptors (Lipinski definition) is 0. The van der Waals surface area contributed by atoms with Gasteiger partial charge in [-0.3, -0.25) is 0 Å². The summed E-state index contributed by atoms with van der Waals surface area (Å²) in [6, 6.07) is 14.6. The molecule has 0 nitrogen and oxygen atoms in total. The topological polar surface area (TPSA) is 0 Å². The standard InChI is InChI=1S/C35H54/c1-25(2)11-9-13-27(5)19-21-35(22-20-28(6)14-10-12-26(3)4)33-23-29(7)15-17-31(33)32-18-16-30(8)24-34(32)35/h15-18,23-28H,9-14,19-22H2,1-8H3/t27-,28-/m0/s1. The minimum absolute atomic E-state index is 0.182. The van der Waals surface area contributed by atoms with Gasteiger partial charge in [0.25, 0.3) is 0 Å². The van der Waals surface area contributed by atoms with E-state index in [0.29, 0.717) is 0 Å². The Morgan fingerprint density at radius 1 is 0.543 bits per heavy atom. The average Bonchev–Trinajstić information content (AvgIpc) is 3.04. The molecule has 0 amide bonds. The molecule has 0 spiro atoms. The molecule has 3 rings (SSSR count). The maximum Gasteiger partial charge on any atom is 0.0215 e. The first-order chi connectivity index (χ1) is 16.6. The lowest BCUT2D eigenvalue weighted by atomic mass is 9.68. The molecule has 0 heterocycles. The summed E-state index contributed by atoms with van der Waals surface area (Å²) >= 11 is 0. The number of rotatable bonds is 14. The fourth-order valence-electron chi connectivity index (χ4n) is 6.41. The van der Waals surface area contributed by atoms with Crippen molar-refractivity contribution < 1.29 is 0 Å². The summed E-state index contributed by atoms with van der Waals surface area (Å²) in [5.74, 6) is 3.25. The van der Waals surface area contributed by atoms with Gasteiger partial charge in [-0.1, -0.05) is 128 Å². The van der Waals surface area contributed by atoms with Crippen LogP contribution in [0.5, 0.6) is 0 Å². The number of fused-ring (bicyclic) bond motifs is 3. The van der Waals surface area contributed by atoms with Crippen molar-refractivity contribution in [1.29, 1.82) is 0 Å². The van der Waals surface area contributed by atoms with Crippen molar-refractivity contribution in [1.82, 2.24) is 0 Å². The molecule has 1 aliphatic carbocycles. The van der Waals surface area contributed by atoms with E-state index in [-0.39, 0.29) is 5.41 Å². The molecule has 0 heteroatoms. The Bertz CT molecular complexity index is 854. The Labute approximate surface area is 218 Å². The van der Waals surface area contributed by atoms with E-state index >= 15 is 0 Å². The Balaban J connectivity index is 1.88. The van der Waals surface area contributed by atoms with Gasteiger partial charge in [0.05, 0.1) is 0 Å². The lowest BCUT2D eigenvalue weighted by Crippen LogP contribution is -2.27. The van der Waals surface area contributed by atoms with Crippen molar-refractivity contribution in [3.05, 3.63) is 58.7 Å². The quantitative estimate of drug-likeness (QED) is 0.255. The molecule has 0 unspecified atom stereocenters. The molecule has 194 valence electrons. The smallest absolute Gasteiger partial charge is 0.0215 e. The Hall–Kier alpha value is -1.56. The van der Waals surface area contributed by atoms with Gasteiger partial charge in [-0.15, -0.1) is 0 Å². The molecule has 0 saturated carbocycles. The second-order valence-electron chi connectivity index (χ2n) is 13.1. The largest absolute Gasteiger partial charge is 0.0628 e. The van der Waals surface area contributed by atoms with Crippen molar-refractivity contribution in [2.45, 2.75) is 125 Å². The zero-order chi connectivity index (χ0) is 25.6. The molecule has 0 radical (unpaired) electrons. The van der Waals surface area contributed by atoms with Gasteiger partial charge in [0.2, 0.25) is 0 Å². The SMILES string of the molecule is Cc1ccc2c(c1)C(CC[C@@H](C)CCCC(C)C)(CC[C@@H](C)CCCC(C)C)c1cc(C)ccc1-2. The maximum absolute atomic E-state index is 2.54. The highest BCUT2D eigenvalue weighted by atomic mass is 14.5. The number of benzene rings is 2. The van der Waals surface area contributed by atoms with E-state index in [1.807, 2.05) is 0 Å². The summed E-state index contributed by atoms with van der Waals surface area (Å²) < 4.78 is 0. The summed E-state index contributed by atoms with van der Waals surface area (Å²) in [5.41, 5.74) is 9.27. The minimum Gasteiger partial charge on any atom is -0.0628 e. The van der Waals surface area contributed by atoms with Crippen molar-refractivity contribution in [3.8, 4) is 11.1 Å². The molecule has 0 bridgehead atoms. The fraction of sp³-hybridized carbons (Fsp3) is 0.657. The van der Waals surface area contributed by atoms with Gasteiger partial charge in [0.1, 0.15) is 0 Å². The van der Waals surface area contributed by atoms with Crippen LogP contribution >= 0.6 is 0 Å². The first-order valence-corrected chi connectivity index (χ1v) is 14.8. The van der Waals surface area contributed by atoms with Gasteiger partial charge < -0.3 is 0 Å². The average molecular weight is 475 g/mol. The predicted molar refractivity (Wildman–Crippen MR) is 156 cm³/mol. The third-order valence-electron chi connectivity index (χ3n) is 8.76. The Kier molecular flexibility index (Phi) is 10.1. The van der Waals surface area contributed by atoms with Crippen LogP contribution in [-0.2, 0) is 5.41 Å². The van der Waals surface area contributed by atoms with Gasteiger partial charge in [-0.05, 0) is 85.5 Å². The van der Waals surface area contributed by atoms with Crippen LogP contribution in [-0.4, -0.2) is 0 Å². The zero-order valence-corrected chi connectivity index (χ0v) is 24.3. The van der Waals surface area contributed by atoms with Gasteiger partial charge in [0.15, 0.2) is 0 Å². The lowest BCUT2D eigenvalue weighted by Gasteiger charge is -2.35. The molecule has 2 aromatic carbocycles. The first-order valence-electron chi connectivity index (χ1n) is 14.8. The monoisotopic (exact) mass is 474 g/mol. The second-order valence-corrected chi connectivity index (χ2v) is 13.1. The van der Waals surface area contributed by atoms with Crippen molar-refractivity contribution in [2.75, 3.05) is 0 Å². The van der Waals surface area contributed by atoms with Crippen molar-refractivity contribution in [3.63, 3.8) is 0 Å². The summed E-state index contributed by atoms with van der Waals surface area (Å²) in [4.78, 5) is 0. The summed E-state index contributed by atoms with van der Waals surface area (Å²) in [5, 5.41) is 0. The molecule has 0 aliphatic heterocycles. The molecule has 2 atom stereocenters. The van der Waals surface area contributed by atoms with E-state index in [9.17, 15) is 0 Å². The van der Waals surface area contributed by atoms with Crippen LogP contribution in [0.4, 0.5) is 0 Å². The summed E-state index contributed by atoms with van der Waals surface area (Å²) in [6.45, 7) is 19.0. The highest BCUT2D eigenvalue weighted by molar-refractivity contribution is 5.81. The van der Waals surface area contributed by atoms with E-state index in [1.54, 1.807) is 11.1 Å². The molecule has 0 fully saturated rings. The molecular weight excluding hydrogens is 420 g/mol. The van der Waals surface area contributed by atoms with Crippen LogP contribution in [0.25, 0.3) is 11.1 Å². The minimum atomic E-state index is 0.182. The van der Waals surface area contributed by atoms with Gasteiger partial charge >= 0.3 is 0 Å². The van der Waals surface area contributed by atoms with Crippen LogP contribution in [0.2, 0.25) is 0 Å². The van der Waals surface area contributed by atoms with E-state index in [0.717, 1.165) is 23.7 Å². The lowest BCUT2D eigenvalue weighted by molar-refractivity contribution is 0.327. The number of aryl methyl sites for hydroxylation is 2. The number of hydrogen-bond donors (Lipinski definition) is 0. The Morgan fingerprint density at radius 2 is 0.943 bits per heavy atom. The van der Waals surface area contributed by atoms with Crippen LogP contribution in [0.3, 0.4) is 0 Å². The second kappa shape index (κ2) is 12.6. The molecule has 1 aliphatic rings. The molecule has 0 aromatic heterocycles. The van der Waals surface area contributed by atoms with Crippen molar-refractivity contribution >= 4 is 0 Å². The first kappa shape index (κ1) is 28.0. The van der Waals surface area contributed by atoms with E-state index in [1.165, 1.54) is 86.5 Å². The molecular formula is C35H54. The fourth-order valence-corrected chi connectivity index (χ4v) is 6.41. The van der Waals surface area contributed by atoms with E-state index < -0.39 is 0 Å². The van der Waals surface area contributed by atoms with Crippen LogP contribution in [0.15, 0.2) is 36.4 Å². The zero-order valence-electron chi connectivity index (χ0n) is 24.3. The highest BCUT2D eigenvalue weighted by Crippen LogP contribution is 2.55. The van der Waals surface area contributed by atoms with Gasteiger partial charge in [-0.2, -0.15) is 0 Å². The van der Waals surface area contributed by atoms with E-state index in [4.69, 9.17) is 0 Å². The van der Waals surface area contributed by atoms with Crippen LogP contribution in [0, 0.1) is 37.5 Å². The third kappa shape index (κ3) is 7.24. The third-order valence-corrected chi connectivity index (χ3v) is 8.76. The predicted octanol–water partition coefficient (Wildman–Crippen LogP) is 11.1. The maximum atomic E-state index is 2.54. The summed E-state index contributed by atoms with van der Waals surface area (Å²) in [7, 11) is 0. The molecule has 2 aromatic rings. The normalized spacial score (nSPS) is 15.9. The Morgan fingerprint density at radius 3 is 1.31 bits per heavy atom. The van der Waals surface area contributed by atoms with Gasteiger partial charge in [0, 0.05) is 5.41 Å². The highest BCUT2D eigenvalue weighted by Gasteiger charge is 2.42.